The van der Waals surface area contributed by atoms with Gasteiger partial charge in [-0.3, -0.25) is 9.78 Å². The van der Waals surface area contributed by atoms with E-state index in [0.717, 1.165) is 0 Å². The normalized spacial score (nSPS) is 10.1. The minimum absolute atomic E-state index is 0.250. The third-order valence-electron chi connectivity index (χ3n) is 3.88. The quantitative estimate of drug-likeness (QED) is 0.648. The number of aromatic nitrogens is 2. The summed E-state index contributed by atoms with van der Waals surface area (Å²) in [5.74, 6) is 1.92. The van der Waals surface area contributed by atoms with Crippen molar-refractivity contribution in [1.29, 1.82) is 0 Å². The van der Waals surface area contributed by atoms with Crippen LogP contribution in [0.25, 0.3) is 0 Å². The summed E-state index contributed by atoms with van der Waals surface area (Å²) in [5, 5.41) is 5.94. The maximum atomic E-state index is 12.2. The van der Waals surface area contributed by atoms with Crippen LogP contribution in [0.5, 0.6) is 17.2 Å². The molecule has 1 aromatic carbocycles. The Bertz CT molecular complexity index is 921. The van der Waals surface area contributed by atoms with E-state index in [2.05, 4.69) is 20.6 Å². The average molecular weight is 380 g/mol. The van der Waals surface area contributed by atoms with Crippen LogP contribution in [0.15, 0.2) is 55.0 Å². The molecule has 0 bridgehead atoms. The fourth-order valence-corrected chi connectivity index (χ4v) is 2.54. The minimum Gasteiger partial charge on any atom is -0.493 e. The van der Waals surface area contributed by atoms with E-state index in [-0.39, 0.29) is 5.91 Å². The molecule has 2 aromatic heterocycles. The summed E-state index contributed by atoms with van der Waals surface area (Å²) in [6.45, 7) is 0. The van der Waals surface area contributed by atoms with Gasteiger partial charge < -0.3 is 24.8 Å². The molecule has 1 amide bonds. The standard InChI is InChI=1S/C20H20N4O4/c1-26-16-9-15(10-17(27-2)19(16)28-3)23-18-7-6-14(12-22-18)24-20(25)13-5-4-8-21-11-13/h4-12H,1-3H3,(H,22,23)(H,24,25). The lowest BCUT2D eigenvalue weighted by Crippen LogP contribution is -2.12. The molecule has 8 heteroatoms. The number of methoxy groups -OCH3 is 3. The van der Waals surface area contributed by atoms with Crippen LogP contribution in [0.1, 0.15) is 10.4 Å². The van der Waals surface area contributed by atoms with Gasteiger partial charge in [-0.15, -0.1) is 0 Å². The molecule has 144 valence electrons. The molecule has 0 spiro atoms. The zero-order valence-corrected chi connectivity index (χ0v) is 15.7. The maximum Gasteiger partial charge on any atom is 0.257 e. The monoisotopic (exact) mass is 380 g/mol. The molecule has 2 N–H and O–H groups in total. The number of benzene rings is 1. The maximum absolute atomic E-state index is 12.2. The largest absolute Gasteiger partial charge is 0.493 e. The van der Waals surface area contributed by atoms with Gasteiger partial charge in [-0.2, -0.15) is 0 Å². The van der Waals surface area contributed by atoms with Gasteiger partial charge >= 0.3 is 0 Å². The molecule has 3 aromatic rings. The van der Waals surface area contributed by atoms with Gasteiger partial charge in [0.05, 0.1) is 38.8 Å². The van der Waals surface area contributed by atoms with Crippen LogP contribution in [0.4, 0.5) is 17.2 Å². The molecule has 0 aliphatic rings. The van der Waals surface area contributed by atoms with Gasteiger partial charge in [-0.1, -0.05) is 0 Å². The van der Waals surface area contributed by atoms with E-state index in [4.69, 9.17) is 14.2 Å². The number of hydrogen-bond acceptors (Lipinski definition) is 7. The van der Waals surface area contributed by atoms with Crippen LogP contribution >= 0.6 is 0 Å². The van der Waals surface area contributed by atoms with Crippen molar-refractivity contribution in [2.45, 2.75) is 0 Å². The average Bonchev–Trinajstić information content (AvgIpc) is 2.75. The molecule has 0 saturated heterocycles. The molecule has 8 nitrogen and oxygen atoms in total. The Morgan fingerprint density at radius 1 is 0.929 bits per heavy atom. The van der Waals surface area contributed by atoms with Crippen LogP contribution in [0.3, 0.4) is 0 Å². The number of pyridine rings is 2. The smallest absolute Gasteiger partial charge is 0.257 e. The van der Waals surface area contributed by atoms with E-state index in [9.17, 15) is 4.79 Å². The van der Waals surface area contributed by atoms with E-state index in [1.54, 1.807) is 70.1 Å². The molecule has 2 heterocycles. The van der Waals surface area contributed by atoms with Gasteiger partial charge in [0, 0.05) is 30.2 Å². The van der Waals surface area contributed by atoms with Crippen molar-refractivity contribution in [2.75, 3.05) is 32.0 Å². The summed E-state index contributed by atoms with van der Waals surface area (Å²) < 4.78 is 16.0. The van der Waals surface area contributed by atoms with Crippen molar-refractivity contribution in [3.63, 3.8) is 0 Å². The third kappa shape index (κ3) is 4.29. The number of carbonyl (C=O) groups excluding carboxylic acids is 1. The Morgan fingerprint density at radius 2 is 1.68 bits per heavy atom. The highest BCUT2D eigenvalue weighted by atomic mass is 16.5. The first-order valence-electron chi connectivity index (χ1n) is 8.39. The minimum atomic E-state index is -0.250. The first kappa shape index (κ1) is 19.0. The molecule has 0 atom stereocenters. The van der Waals surface area contributed by atoms with E-state index in [1.165, 1.54) is 6.20 Å². The van der Waals surface area contributed by atoms with Crippen molar-refractivity contribution >= 4 is 23.1 Å². The zero-order valence-electron chi connectivity index (χ0n) is 15.7. The summed E-state index contributed by atoms with van der Waals surface area (Å²) in [7, 11) is 4.66. The third-order valence-corrected chi connectivity index (χ3v) is 3.88. The molecule has 0 fully saturated rings. The van der Waals surface area contributed by atoms with Gasteiger partial charge in [0.2, 0.25) is 5.75 Å². The number of nitrogens with one attached hydrogen (secondary N) is 2. The molecule has 28 heavy (non-hydrogen) atoms. The fourth-order valence-electron chi connectivity index (χ4n) is 2.54. The molecule has 0 aliphatic carbocycles. The second kappa shape index (κ2) is 8.72. The predicted molar refractivity (Wildman–Crippen MR) is 106 cm³/mol. The van der Waals surface area contributed by atoms with Crippen LogP contribution < -0.4 is 24.8 Å². The Balaban J connectivity index is 1.73. The lowest BCUT2D eigenvalue weighted by molar-refractivity contribution is 0.102. The second-order valence-corrected chi connectivity index (χ2v) is 5.67. The number of anilines is 3. The Hall–Kier alpha value is -3.81. The van der Waals surface area contributed by atoms with E-state index < -0.39 is 0 Å². The first-order chi connectivity index (χ1) is 13.6. The van der Waals surface area contributed by atoms with Crippen LogP contribution in [0, 0.1) is 0 Å². The molecular formula is C20H20N4O4. The first-order valence-corrected chi connectivity index (χ1v) is 8.39. The van der Waals surface area contributed by atoms with Crippen LogP contribution in [-0.4, -0.2) is 37.2 Å². The molecule has 0 saturated carbocycles. The summed E-state index contributed by atoms with van der Waals surface area (Å²) in [6.07, 6.45) is 4.68. The topological polar surface area (TPSA) is 94.6 Å². The summed E-state index contributed by atoms with van der Waals surface area (Å²) in [4.78, 5) is 20.4. The Labute approximate surface area is 162 Å². The lowest BCUT2D eigenvalue weighted by atomic mass is 10.2. The van der Waals surface area contributed by atoms with E-state index in [0.29, 0.717) is 40.0 Å². The second-order valence-electron chi connectivity index (χ2n) is 5.67. The van der Waals surface area contributed by atoms with Crippen LogP contribution in [0.2, 0.25) is 0 Å². The van der Waals surface area contributed by atoms with Gasteiger partial charge in [-0.25, -0.2) is 4.98 Å². The Morgan fingerprint density at radius 3 is 2.21 bits per heavy atom. The van der Waals surface area contributed by atoms with Crippen molar-refractivity contribution in [3.8, 4) is 17.2 Å². The van der Waals surface area contributed by atoms with Crippen molar-refractivity contribution in [2.24, 2.45) is 0 Å². The number of nitrogens with zero attached hydrogens (tertiary/aromatic N) is 2. The number of hydrogen-bond donors (Lipinski definition) is 2. The highest BCUT2D eigenvalue weighted by molar-refractivity contribution is 6.03. The number of ether oxygens (including phenoxy) is 3. The van der Waals surface area contributed by atoms with Crippen molar-refractivity contribution in [1.82, 2.24) is 9.97 Å². The number of carbonyl (C=O) groups is 1. The zero-order chi connectivity index (χ0) is 19.9. The van der Waals surface area contributed by atoms with Crippen molar-refractivity contribution in [3.05, 3.63) is 60.6 Å². The van der Waals surface area contributed by atoms with E-state index in [1.807, 2.05) is 0 Å². The summed E-state index contributed by atoms with van der Waals surface area (Å²) in [6, 6.07) is 10.5. The Kier molecular flexibility index (Phi) is 5.91. The van der Waals surface area contributed by atoms with Gasteiger partial charge in [0.25, 0.3) is 5.91 Å². The summed E-state index contributed by atoms with van der Waals surface area (Å²) >= 11 is 0. The SMILES string of the molecule is COc1cc(Nc2ccc(NC(=O)c3cccnc3)cn2)cc(OC)c1OC. The molecule has 0 unspecified atom stereocenters. The predicted octanol–water partition coefficient (Wildman–Crippen LogP) is 3.50. The highest BCUT2D eigenvalue weighted by Gasteiger charge is 2.13. The molecule has 3 rings (SSSR count). The fraction of sp³-hybridized carbons (Fsp3) is 0.150. The molecular weight excluding hydrogens is 360 g/mol. The van der Waals surface area contributed by atoms with Gasteiger partial charge in [0.1, 0.15) is 5.82 Å². The highest BCUT2D eigenvalue weighted by Crippen LogP contribution is 2.40. The molecule has 0 radical (unpaired) electrons. The summed E-state index contributed by atoms with van der Waals surface area (Å²) in [5.41, 5.74) is 1.76. The number of amides is 1. The van der Waals surface area contributed by atoms with E-state index >= 15 is 0 Å². The van der Waals surface area contributed by atoms with Gasteiger partial charge in [-0.05, 0) is 24.3 Å². The van der Waals surface area contributed by atoms with Crippen LogP contribution in [-0.2, 0) is 0 Å². The van der Waals surface area contributed by atoms with Gasteiger partial charge in [0.15, 0.2) is 11.5 Å². The lowest BCUT2D eigenvalue weighted by Gasteiger charge is -2.15. The number of rotatable bonds is 7. The van der Waals surface area contributed by atoms with Crippen molar-refractivity contribution < 1.29 is 19.0 Å². The molecule has 0 aliphatic heterocycles.